The average Bonchev–Trinajstić information content (AvgIpc) is 2.18. The van der Waals surface area contributed by atoms with Crippen LogP contribution in [-0.4, -0.2) is 11.1 Å². The molecule has 0 saturated heterocycles. The van der Waals surface area contributed by atoms with Gasteiger partial charge in [0, 0.05) is 11.5 Å². The molecule has 0 aliphatic rings. The van der Waals surface area contributed by atoms with E-state index in [1.165, 1.54) is 0 Å². The summed E-state index contributed by atoms with van der Waals surface area (Å²) in [5.41, 5.74) is 0.756. The maximum Gasteiger partial charge on any atom is 0.229 e. The SMILES string of the molecule is C=C(c1ccccc1)P(=O)(O)CCC. The lowest BCUT2D eigenvalue weighted by atomic mass is 10.2. The molecule has 0 aromatic heterocycles. The second kappa shape index (κ2) is 4.59. The van der Waals surface area contributed by atoms with Gasteiger partial charge >= 0.3 is 0 Å². The molecule has 1 unspecified atom stereocenters. The van der Waals surface area contributed by atoms with E-state index in [4.69, 9.17) is 0 Å². The third-order valence-corrected chi connectivity index (χ3v) is 4.21. The molecule has 0 amide bonds. The fourth-order valence-electron chi connectivity index (χ4n) is 1.27. The van der Waals surface area contributed by atoms with Crippen molar-refractivity contribution < 1.29 is 9.46 Å². The number of benzene rings is 1. The first-order valence-electron chi connectivity index (χ1n) is 4.64. The minimum Gasteiger partial charge on any atom is -0.341 e. The van der Waals surface area contributed by atoms with E-state index in [2.05, 4.69) is 6.58 Å². The second-order valence-electron chi connectivity index (χ2n) is 3.24. The van der Waals surface area contributed by atoms with Crippen molar-refractivity contribution in [2.24, 2.45) is 0 Å². The third kappa shape index (κ3) is 2.57. The average molecular weight is 210 g/mol. The van der Waals surface area contributed by atoms with Crippen molar-refractivity contribution in [2.75, 3.05) is 6.16 Å². The van der Waals surface area contributed by atoms with E-state index >= 15 is 0 Å². The molecule has 0 fully saturated rings. The molecule has 1 aromatic rings. The molecular formula is C11H15O2P. The summed E-state index contributed by atoms with van der Waals surface area (Å²) in [5.74, 6) is 0. The Labute approximate surface area is 84.7 Å². The zero-order valence-corrected chi connectivity index (χ0v) is 9.21. The fraction of sp³-hybridized carbons (Fsp3) is 0.273. The van der Waals surface area contributed by atoms with E-state index in [0.717, 1.165) is 5.56 Å². The molecular weight excluding hydrogens is 195 g/mol. The van der Waals surface area contributed by atoms with Gasteiger partial charge in [-0.15, -0.1) is 0 Å². The van der Waals surface area contributed by atoms with Crippen LogP contribution in [0.2, 0.25) is 0 Å². The first-order valence-corrected chi connectivity index (χ1v) is 6.49. The van der Waals surface area contributed by atoms with Gasteiger partial charge in [-0.3, -0.25) is 4.57 Å². The van der Waals surface area contributed by atoms with Gasteiger partial charge < -0.3 is 4.89 Å². The maximum absolute atomic E-state index is 11.8. The summed E-state index contributed by atoms with van der Waals surface area (Å²) in [5, 5.41) is 0.361. The van der Waals surface area contributed by atoms with Gasteiger partial charge in [-0.2, -0.15) is 0 Å². The van der Waals surface area contributed by atoms with Gasteiger partial charge in [-0.05, 0) is 12.0 Å². The van der Waals surface area contributed by atoms with Gasteiger partial charge in [-0.25, -0.2) is 0 Å². The van der Waals surface area contributed by atoms with Gasteiger partial charge in [0.25, 0.3) is 0 Å². The van der Waals surface area contributed by atoms with Crippen LogP contribution in [0.1, 0.15) is 18.9 Å². The number of rotatable bonds is 4. The normalized spacial score (nSPS) is 14.7. The summed E-state index contributed by atoms with van der Waals surface area (Å²) in [6.07, 6.45) is 1.00. The Morgan fingerprint density at radius 1 is 1.43 bits per heavy atom. The van der Waals surface area contributed by atoms with Crippen molar-refractivity contribution in [3.63, 3.8) is 0 Å². The lowest BCUT2D eigenvalue weighted by molar-refractivity contribution is 0.490. The molecule has 14 heavy (non-hydrogen) atoms. The number of hydrogen-bond acceptors (Lipinski definition) is 1. The standard InChI is InChI=1S/C11H15O2P/c1-3-9-14(12,13)10(2)11-7-5-4-6-8-11/h4-8H,2-3,9H2,1H3,(H,12,13). The van der Waals surface area contributed by atoms with E-state index in [0.29, 0.717) is 17.9 Å². The summed E-state index contributed by atoms with van der Waals surface area (Å²) in [6.45, 7) is 5.59. The Morgan fingerprint density at radius 3 is 2.50 bits per heavy atom. The maximum atomic E-state index is 11.8. The van der Waals surface area contributed by atoms with Crippen LogP contribution >= 0.6 is 7.37 Å². The third-order valence-electron chi connectivity index (χ3n) is 2.06. The number of hydrogen-bond donors (Lipinski definition) is 1. The van der Waals surface area contributed by atoms with Crippen molar-refractivity contribution in [2.45, 2.75) is 13.3 Å². The van der Waals surface area contributed by atoms with Crippen LogP contribution in [0.3, 0.4) is 0 Å². The molecule has 0 aliphatic heterocycles. The fourth-order valence-corrected chi connectivity index (χ4v) is 2.70. The van der Waals surface area contributed by atoms with E-state index in [1.54, 1.807) is 12.1 Å². The highest BCUT2D eigenvalue weighted by Crippen LogP contribution is 2.54. The summed E-state index contributed by atoms with van der Waals surface area (Å²) < 4.78 is 11.8. The van der Waals surface area contributed by atoms with E-state index in [9.17, 15) is 9.46 Å². The zero-order valence-electron chi connectivity index (χ0n) is 8.31. The van der Waals surface area contributed by atoms with E-state index < -0.39 is 7.37 Å². The summed E-state index contributed by atoms with van der Waals surface area (Å²) >= 11 is 0. The van der Waals surface area contributed by atoms with Gasteiger partial charge in [0.15, 0.2) is 0 Å². The van der Waals surface area contributed by atoms with E-state index in [-0.39, 0.29) is 0 Å². The highest BCUT2D eigenvalue weighted by atomic mass is 31.2. The molecule has 0 saturated carbocycles. The van der Waals surface area contributed by atoms with Crippen molar-refractivity contribution in [1.29, 1.82) is 0 Å². The summed E-state index contributed by atoms with van der Waals surface area (Å²) in [6, 6.07) is 9.17. The Bertz CT molecular complexity index is 357. The Balaban J connectivity index is 2.91. The molecule has 0 bridgehead atoms. The smallest absolute Gasteiger partial charge is 0.229 e. The Hall–Kier alpha value is -0.850. The Morgan fingerprint density at radius 2 is 2.00 bits per heavy atom. The molecule has 0 spiro atoms. The van der Waals surface area contributed by atoms with Crippen molar-refractivity contribution in [3.05, 3.63) is 42.5 Å². The van der Waals surface area contributed by atoms with Crippen LogP contribution in [0.5, 0.6) is 0 Å². The molecule has 0 radical (unpaired) electrons. The molecule has 0 aliphatic carbocycles. The molecule has 1 rings (SSSR count). The molecule has 1 atom stereocenters. The molecule has 1 N–H and O–H groups in total. The zero-order chi connectivity index (χ0) is 10.6. The summed E-state index contributed by atoms with van der Waals surface area (Å²) in [7, 11) is -3.20. The van der Waals surface area contributed by atoms with Gasteiger partial charge in [0.05, 0.1) is 0 Å². The van der Waals surface area contributed by atoms with Crippen LogP contribution in [0.4, 0.5) is 0 Å². The van der Waals surface area contributed by atoms with Crippen molar-refractivity contribution in [1.82, 2.24) is 0 Å². The van der Waals surface area contributed by atoms with Crippen LogP contribution in [0.15, 0.2) is 36.9 Å². The van der Waals surface area contributed by atoms with Crippen LogP contribution in [0, 0.1) is 0 Å². The van der Waals surface area contributed by atoms with Gasteiger partial charge in [0.2, 0.25) is 7.37 Å². The van der Waals surface area contributed by atoms with Crippen molar-refractivity contribution >= 4 is 12.7 Å². The predicted octanol–water partition coefficient (Wildman–Crippen LogP) is 3.34. The quantitative estimate of drug-likeness (QED) is 0.774. The highest BCUT2D eigenvalue weighted by Gasteiger charge is 2.22. The highest BCUT2D eigenvalue weighted by molar-refractivity contribution is 7.68. The summed E-state index contributed by atoms with van der Waals surface area (Å²) in [4.78, 5) is 9.69. The predicted molar refractivity (Wildman–Crippen MR) is 60.5 cm³/mol. The topological polar surface area (TPSA) is 37.3 Å². The van der Waals surface area contributed by atoms with Crippen LogP contribution < -0.4 is 0 Å². The molecule has 76 valence electrons. The van der Waals surface area contributed by atoms with Crippen molar-refractivity contribution in [3.8, 4) is 0 Å². The molecule has 1 aromatic carbocycles. The van der Waals surface area contributed by atoms with Crippen LogP contribution in [-0.2, 0) is 4.57 Å². The van der Waals surface area contributed by atoms with Crippen LogP contribution in [0.25, 0.3) is 5.31 Å². The van der Waals surface area contributed by atoms with E-state index in [1.807, 2.05) is 25.1 Å². The molecule has 0 heterocycles. The van der Waals surface area contributed by atoms with Gasteiger partial charge in [0.1, 0.15) is 0 Å². The largest absolute Gasteiger partial charge is 0.341 e. The first-order chi connectivity index (χ1) is 6.58. The minimum absolute atomic E-state index is 0.306. The molecule has 2 nitrogen and oxygen atoms in total. The molecule has 3 heteroatoms. The Kier molecular flexibility index (Phi) is 3.68. The second-order valence-corrected chi connectivity index (χ2v) is 5.63. The lowest BCUT2D eigenvalue weighted by Crippen LogP contribution is -1.90. The lowest BCUT2D eigenvalue weighted by Gasteiger charge is -2.13. The first kappa shape index (κ1) is 11.2. The van der Waals surface area contributed by atoms with Gasteiger partial charge in [-0.1, -0.05) is 43.8 Å². The minimum atomic E-state index is -3.20. The monoisotopic (exact) mass is 210 g/mol.